The monoisotopic (exact) mass is 254 g/mol. The van der Waals surface area contributed by atoms with Gasteiger partial charge in [0.05, 0.1) is 23.9 Å². The number of nitrogens with two attached hydrogens (primary N) is 1. The summed E-state index contributed by atoms with van der Waals surface area (Å²) in [6.07, 6.45) is 0. The summed E-state index contributed by atoms with van der Waals surface area (Å²) in [5, 5.41) is 3.27. The van der Waals surface area contributed by atoms with E-state index in [9.17, 15) is 4.79 Å². The second-order valence-corrected chi connectivity index (χ2v) is 5.13. The van der Waals surface area contributed by atoms with E-state index in [4.69, 9.17) is 22.1 Å². The fourth-order valence-electron chi connectivity index (χ4n) is 1.62. The third kappa shape index (κ3) is 2.70. The van der Waals surface area contributed by atoms with E-state index >= 15 is 0 Å². The molecule has 1 aliphatic heterocycles. The quantitative estimate of drug-likeness (QED) is 0.807. The van der Waals surface area contributed by atoms with Crippen LogP contribution in [0.5, 0.6) is 0 Å². The van der Waals surface area contributed by atoms with Crippen LogP contribution in [0.1, 0.15) is 17.3 Å². The summed E-state index contributed by atoms with van der Waals surface area (Å²) in [5.74, 6) is -0.139. The Bertz CT molecular complexity index is 444. The smallest absolute Gasteiger partial charge is 0.251 e. The summed E-state index contributed by atoms with van der Waals surface area (Å²) in [6, 6.07) is 4.87. The maximum absolute atomic E-state index is 11.8. The molecule has 17 heavy (non-hydrogen) atoms. The van der Waals surface area contributed by atoms with Crippen LogP contribution in [0.15, 0.2) is 18.2 Å². The lowest BCUT2D eigenvalue weighted by Gasteiger charge is -2.38. The molecule has 3 N–H and O–H groups in total. The van der Waals surface area contributed by atoms with Gasteiger partial charge < -0.3 is 15.8 Å². The van der Waals surface area contributed by atoms with Crippen LogP contribution in [0.25, 0.3) is 0 Å². The number of amides is 1. The van der Waals surface area contributed by atoms with Gasteiger partial charge in [-0.15, -0.1) is 0 Å². The number of ether oxygens (including phenoxy) is 1. The van der Waals surface area contributed by atoms with Crippen molar-refractivity contribution in [1.29, 1.82) is 0 Å². The molecule has 0 radical (unpaired) electrons. The lowest BCUT2D eigenvalue weighted by atomic mass is 9.88. The number of rotatable bonds is 3. The van der Waals surface area contributed by atoms with Crippen molar-refractivity contribution in [2.45, 2.75) is 6.92 Å². The van der Waals surface area contributed by atoms with Crippen LogP contribution in [0, 0.1) is 5.41 Å². The molecule has 5 heteroatoms. The van der Waals surface area contributed by atoms with Gasteiger partial charge in [0.15, 0.2) is 0 Å². The fourth-order valence-corrected chi connectivity index (χ4v) is 1.80. The maximum Gasteiger partial charge on any atom is 0.251 e. The van der Waals surface area contributed by atoms with E-state index < -0.39 is 0 Å². The number of nitrogen functional groups attached to an aromatic ring is 1. The largest absolute Gasteiger partial charge is 0.398 e. The van der Waals surface area contributed by atoms with Gasteiger partial charge in [-0.2, -0.15) is 0 Å². The average Bonchev–Trinajstić information content (AvgIpc) is 2.27. The van der Waals surface area contributed by atoms with E-state index in [2.05, 4.69) is 12.2 Å². The Morgan fingerprint density at radius 1 is 1.59 bits per heavy atom. The molecule has 1 amide bonds. The Balaban J connectivity index is 1.97. The number of hydrogen-bond acceptors (Lipinski definition) is 3. The third-order valence-electron chi connectivity index (χ3n) is 2.84. The van der Waals surface area contributed by atoms with Gasteiger partial charge in [-0.1, -0.05) is 18.5 Å². The number of anilines is 1. The van der Waals surface area contributed by atoms with Crippen LogP contribution in [0.2, 0.25) is 5.02 Å². The summed E-state index contributed by atoms with van der Waals surface area (Å²) in [6.45, 7) is 4.06. The van der Waals surface area contributed by atoms with Crippen LogP contribution in [-0.4, -0.2) is 25.7 Å². The Kier molecular flexibility index (Phi) is 3.26. The van der Waals surface area contributed by atoms with Crippen molar-refractivity contribution >= 4 is 23.2 Å². The molecule has 0 spiro atoms. The number of benzene rings is 1. The van der Waals surface area contributed by atoms with Crippen LogP contribution in [0.3, 0.4) is 0 Å². The molecule has 2 rings (SSSR count). The number of carbonyl (C=O) groups excluding carboxylic acids is 1. The molecule has 0 unspecified atom stereocenters. The van der Waals surface area contributed by atoms with E-state index in [1.54, 1.807) is 18.2 Å². The van der Waals surface area contributed by atoms with Crippen molar-refractivity contribution < 1.29 is 9.53 Å². The van der Waals surface area contributed by atoms with Crippen molar-refractivity contribution in [3.8, 4) is 0 Å². The average molecular weight is 255 g/mol. The van der Waals surface area contributed by atoms with E-state index in [0.717, 1.165) is 0 Å². The molecular formula is C12H15ClN2O2. The number of hydrogen-bond donors (Lipinski definition) is 2. The summed E-state index contributed by atoms with van der Waals surface area (Å²) in [4.78, 5) is 11.8. The molecule has 0 atom stereocenters. The standard InChI is InChI=1S/C12H15ClN2O2/c1-12(6-17-7-12)5-15-11(16)8-2-3-10(14)9(13)4-8/h2-4H,5-7,14H2,1H3,(H,15,16). The highest BCUT2D eigenvalue weighted by Gasteiger charge is 2.33. The molecular weight excluding hydrogens is 240 g/mol. The Morgan fingerprint density at radius 3 is 2.82 bits per heavy atom. The Morgan fingerprint density at radius 2 is 2.29 bits per heavy atom. The fraction of sp³-hybridized carbons (Fsp3) is 0.417. The van der Waals surface area contributed by atoms with Crippen LogP contribution in [-0.2, 0) is 4.74 Å². The van der Waals surface area contributed by atoms with Crippen LogP contribution < -0.4 is 11.1 Å². The lowest BCUT2D eigenvalue weighted by molar-refractivity contribution is -0.0978. The van der Waals surface area contributed by atoms with Gasteiger partial charge in [0, 0.05) is 17.5 Å². The second kappa shape index (κ2) is 4.55. The van der Waals surface area contributed by atoms with E-state index in [0.29, 0.717) is 36.0 Å². The summed E-state index contributed by atoms with van der Waals surface area (Å²) < 4.78 is 5.12. The SMILES string of the molecule is CC1(CNC(=O)c2ccc(N)c(Cl)c2)COC1. The molecule has 1 fully saturated rings. The second-order valence-electron chi connectivity index (χ2n) is 4.72. The molecule has 1 aromatic rings. The van der Waals surface area contributed by atoms with Gasteiger partial charge in [-0.3, -0.25) is 4.79 Å². The molecule has 92 valence electrons. The zero-order valence-corrected chi connectivity index (χ0v) is 10.4. The molecule has 1 saturated heterocycles. The molecule has 0 bridgehead atoms. The van der Waals surface area contributed by atoms with Gasteiger partial charge in [0.2, 0.25) is 0 Å². The van der Waals surface area contributed by atoms with E-state index in [1.807, 2.05) is 0 Å². The highest BCUT2D eigenvalue weighted by Crippen LogP contribution is 2.25. The Labute approximate surface area is 105 Å². The first-order valence-corrected chi connectivity index (χ1v) is 5.79. The number of carbonyl (C=O) groups is 1. The minimum Gasteiger partial charge on any atom is -0.398 e. The van der Waals surface area contributed by atoms with Gasteiger partial charge in [-0.25, -0.2) is 0 Å². The van der Waals surface area contributed by atoms with Crippen molar-refractivity contribution in [1.82, 2.24) is 5.32 Å². The third-order valence-corrected chi connectivity index (χ3v) is 3.17. The number of nitrogens with one attached hydrogen (secondary N) is 1. The number of halogens is 1. The van der Waals surface area contributed by atoms with Gasteiger partial charge in [-0.05, 0) is 18.2 Å². The molecule has 0 saturated carbocycles. The zero-order chi connectivity index (χ0) is 12.5. The van der Waals surface area contributed by atoms with Gasteiger partial charge in [0.25, 0.3) is 5.91 Å². The first kappa shape index (κ1) is 12.2. The van der Waals surface area contributed by atoms with Crippen molar-refractivity contribution in [3.63, 3.8) is 0 Å². The zero-order valence-electron chi connectivity index (χ0n) is 9.63. The van der Waals surface area contributed by atoms with Crippen molar-refractivity contribution in [3.05, 3.63) is 28.8 Å². The topological polar surface area (TPSA) is 64.4 Å². The van der Waals surface area contributed by atoms with Crippen molar-refractivity contribution in [2.24, 2.45) is 5.41 Å². The molecule has 1 heterocycles. The van der Waals surface area contributed by atoms with E-state index in [-0.39, 0.29) is 11.3 Å². The van der Waals surface area contributed by atoms with Gasteiger partial charge >= 0.3 is 0 Å². The summed E-state index contributed by atoms with van der Waals surface area (Å²) >= 11 is 5.86. The van der Waals surface area contributed by atoms with Crippen molar-refractivity contribution in [2.75, 3.05) is 25.5 Å². The molecule has 4 nitrogen and oxygen atoms in total. The lowest BCUT2D eigenvalue weighted by Crippen LogP contribution is -2.48. The summed E-state index contributed by atoms with van der Waals surface area (Å²) in [7, 11) is 0. The minimum absolute atomic E-state index is 0.0628. The minimum atomic E-state index is -0.139. The molecule has 0 aliphatic carbocycles. The first-order chi connectivity index (χ1) is 8.00. The predicted molar refractivity (Wildman–Crippen MR) is 67.1 cm³/mol. The van der Waals surface area contributed by atoms with Crippen LogP contribution in [0.4, 0.5) is 5.69 Å². The normalized spacial score (nSPS) is 17.3. The highest BCUT2D eigenvalue weighted by atomic mass is 35.5. The predicted octanol–water partition coefficient (Wildman–Crippen LogP) is 1.69. The molecule has 1 aromatic carbocycles. The molecule has 0 aromatic heterocycles. The Hall–Kier alpha value is -1.26. The van der Waals surface area contributed by atoms with E-state index in [1.165, 1.54) is 0 Å². The first-order valence-electron chi connectivity index (χ1n) is 5.41. The van der Waals surface area contributed by atoms with Gasteiger partial charge in [0.1, 0.15) is 0 Å². The molecule has 1 aliphatic rings. The van der Waals surface area contributed by atoms with Crippen LogP contribution >= 0.6 is 11.6 Å². The maximum atomic E-state index is 11.8. The highest BCUT2D eigenvalue weighted by molar-refractivity contribution is 6.33. The summed E-state index contributed by atoms with van der Waals surface area (Å²) in [5.41, 5.74) is 6.64.